The molecule has 3 nitrogen and oxygen atoms in total. The zero-order chi connectivity index (χ0) is 24.7. The smallest absolute Gasteiger partial charge is 0.374 e. The summed E-state index contributed by atoms with van der Waals surface area (Å²) in [6.45, 7) is 6.90. The van der Waals surface area contributed by atoms with E-state index in [0.717, 1.165) is 62.4 Å². The number of hydrogen-bond acceptors (Lipinski definition) is 3. The topological polar surface area (TPSA) is 18.5 Å². The van der Waals surface area contributed by atoms with Gasteiger partial charge in [-0.25, -0.2) is 0 Å². The lowest BCUT2D eigenvalue weighted by atomic mass is 9.97. The normalized spacial score (nSPS) is 15.3. The second-order valence-corrected chi connectivity index (χ2v) is 9.16. The molecule has 1 aliphatic heterocycles. The molecule has 3 aromatic rings. The average molecular weight is 482 g/mol. The minimum atomic E-state index is -4.45. The standard InChI is InChI=1S/C29H34F3N3/c1-2-3-17-34-18-10-19-35(21-20-34)25-15-16-26(29(30,31)32)27(22-25)33-28(23-11-6-4-7-12-23)24-13-8-5-9-14-24/h4-9,11-16,22,28,33H,2-3,10,17-21H2,1H3. The SMILES string of the molecule is CCCCN1CCCN(c2ccc(C(F)(F)F)c(NC(c3ccccc3)c3ccccc3)c2)CC1. The Morgan fingerprint density at radius 1 is 0.829 bits per heavy atom. The lowest BCUT2D eigenvalue weighted by Crippen LogP contribution is -2.31. The first-order valence-electron chi connectivity index (χ1n) is 12.5. The minimum Gasteiger partial charge on any atom is -0.374 e. The Hall–Kier alpha value is -2.99. The van der Waals surface area contributed by atoms with Gasteiger partial charge in [-0.05, 0) is 55.3 Å². The van der Waals surface area contributed by atoms with Crippen LogP contribution in [0.1, 0.15) is 48.9 Å². The molecule has 1 aliphatic rings. The Bertz CT molecular complexity index is 1010. The molecule has 1 saturated heterocycles. The van der Waals surface area contributed by atoms with Crippen molar-refractivity contribution in [2.24, 2.45) is 0 Å². The van der Waals surface area contributed by atoms with Crippen LogP contribution in [0.2, 0.25) is 0 Å². The predicted molar refractivity (Wildman–Crippen MR) is 138 cm³/mol. The molecule has 186 valence electrons. The van der Waals surface area contributed by atoms with Gasteiger partial charge >= 0.3 is 6.18 Å². The summed E-state index contributed by atoms with van der Waals surface area (Å²) in [4.78, 5) is 4.69. The van der Waals surface area contributed by atoms with Crippen LogP contribution in [-0.4, -0.2) is 37.6 Å². The highest BCUT2D eigenvalue weighted by Gasteiger charge is 2.34. The van der Waals surface area contributed by atoms with Gasteiger partial charge in [-0.1, -0.05) is 74.0 Å². The van der Waals surface area contributed by atoms with Crippen molar-refractivity contribution in [3.8, 4) is 0 Å². The maximum atomic E-state index is 14.1. The zero-order valence-corrected chi connectivity index (χ0v) is 20.3. The molecule has 0 radical (unpaired) electrons. The van der Waals surface area contributed by atoms with Crippen molar-refractivity contribution < 1.29 is 13.2 Å². The molecule has 0 saturated carbocycles. The molecule has 3 aromatic carbocycles. The fourth-order valence-corrected chi connectivity index (χ4v) is 4.74. The van der Waals surface area contributed by atoms with Crippen molar-refractivity contribution in [2.45, 2.75) is 38.4 Å². The number of anilines is 2. The lowest BCUT2D eigenvalue weighted by Gasteiger charge is -2.27. The molecule has 1 fully saturated rings. The molecule has 0 bridgehead atoms. The molecule has 0 amide bonds. The zero-order valence-electron chi connectivity index (χ0n) is 20.3. The molecule has 1 heterocycles. The summed E-state index contributed by atoms with van der Waals surface area (Å²) in [7, 11) is 0. The quantitative estimate of drug-likeness (QED) is 0.366. The van der Waals surface area contributed by atoms with Crippen molar-refractivity contribution in [3.05, 3.63) is 95.6 Å². The molecule has 4 rings (SSSR count). The van der Waals surface area contributed by atoms with Crippen LogP contribution in [0.4, 0.5) is 24.5 Å². The number of nitrogens with zero attached hydrogens (tertiary/aromatic N) is 2. The Morgan fingerprint density at radius 3 is 2.09 bits per heavy atom. The van der Waals surface area contributed by atoms with Crippen molar-refractivity contribution in [1.82, 2.24) is 4.90 Å². The van der Waals surface area contributed by atoms with Crippen LogP contribution in [0.25, 0.3) is 0 Å². The number of rotatable bonds is 8. The first-order valence-corrected chi connectivity index (χ1v) is 12.5. The molecule has 0 unspecified atom stereocenters. The summed E-state index contributed by atoms with van der Waals surface area (Å²) in [5.41, 5.74) is 2.13. The lowest BCUT2D eigenvalue weighted by molar-refractivity contribution is -0.137. The summed E-state index contributed by atoms with van der Waals surface area (Å²) in [5.74, 6) is 0. The van der Waals surface area contributed by atoms with Gasteiger partial charge in [0.05, 0.1) is 11.6 Å². The van der Waals surface area contributed by atoms with Crippen LogP contribution in [0.15, 0.2) is 78.9 Å². The van der Waals surface area contributed by atoms with Gasteiger partial charge in [0.15, 0.2) is 0 Å². The van der Waals surface area contributed by atoms with E-state index in [-0.39, 0.29) is 5.69 Å². The molecule has 35 heavy (non-hydrogen) atoms. The van der Waals surface area contributed by atoms with Crippen LogP contribution < -0.4 is 10.2 Å². The van der Waals surface area contributed by atoms with E-state index in [9.17, 15) is 13.2 Å². The minimum absolute atomic E-state index is 0.111. The van der Waals surface area contributed by atoms with Gasteiger partial charge in [0.1, 0.15) is 0 Å². The molecular weight excluding hydrogens is 447 g/mol. The highest BCUT2D eigenvalue weighted by Crippen LogP contribution is 2.39. The molecule has 0 aliphatic carbocycles. The van der Waals surface area contributed by atoms with E-state index < -0.39 is 17.8 Å². The maximum absolute atomic E-state index is 14.1. The summed E-state index contributed by atoms with van der Waals surface area (Å²) >= 11 is 0. The fourth-order valence-electron chi connectivity index (χ4n) is 4.74. The van der Waals surface area contributed by atoms with Crippen molar-refractivity contribution in [2.75, 3.05) is 42.9 Å². The summed E-state index contributed by atoms with van der Waals surface area (Å²) < 4.78 is 42.2. The van der Waals surface area contributed by atoms with Crippen LogP contribution >= 0.6 is 0 Å². The van der Waals surface area contributed by atoms with Crippen molar-refractivity contribution in [3.63, 3.8) is 0 Å². The van der Waals surface area contributed by atoms with Gasteiger partial charge in [0.2, 0.25) is 0 Å². The Balaban J connectivity index is 1.65. The largest absolute Gasteiger partial charge is 0.418 e. The summed E-state index contributed by atoms with van der Waals surface area (Å²) in [6, 6.07) is 23.4. The second-order valence-electron chi connectivity index (χ2n) is 9.16. The van der Waals surface area contributed by atoms with Crippen LogP contribution in [0.5, 0.6) is 0 Å². The first-order chi connectivity index (χ1) is 17.0. The molecule has 0 spiro atoms. The highest BCUT2D eigenvalue weighted by molar-refractivity contribution is 5.65. The van der Waals surface area contributed by atoms with E-state index in [1.165, 1.54) is 12.5 Å². The third-order valence-corrected chi connectivity index (χ3v) is 6.66. The van der Waals surface area contributed by atoms with Gasteiger partial charge < -0.3 is 15.1 Å². The number of alkyl halides is 3. The van der Waals surface area contributed by atoms with Crippen molar-refractivity contribution in [1.29, 1.82) is 0 Å². The van der Waals surface area contributed by atoms with Crippen LogP contribution in [0, 0.1) is 0 Å². The third kappa shape index (κ3) is 6.57. The van der Waals surface area contributed by atoms with E-state index in [1.807, 2.05) is 60.7 Å². The Kier molecular flexibility index (Phi) is 8.34. The van der Waals surface area contributed by atoms with Crippen molar-refractivity contribution >= 4 is 11.4 Å². The Labute approximate surface area is 206 Å². The molecule has 0 atom stereocenters. The van der Waals surface area contributed by atoms with Gasteiger partial charge in [-0.15, -0.1) is 0 Å². The van der Waals surface area contributed by atoms with E-state index >= 15 is 0 Å². The highest BCUT2D eigenvalue weighted by atomic mass is 19.4. The maximum Gasteiger partial charge on any atom is 0.418 e. The first kappa shape index (κ1) is 25.1. The van der Waals surface area contributed by atoms with E-state index in [2.05, 4.69) is 22.0 Å². The van der Waals surface area contributed by atoms with Crippen LogP contribution in [-0.2, 0) is 6.18 Å². The summed E-state index contributed by atoms with van der Waals surface area (Å²) in [6.07, 6.45) is -1.11. The second kappa shape index (κ2) is 11.6. The van der Waals surface area contributed by atoms with E-state index in [0.29, 0.717) is 0 Å². The van der Waals surface area contributed by atoms with Gasteiger partial charge in [-0.2, -0.15) is 13.2 Å². The molecule has 0 aromatic heterocycles. The van der Waals surface area contributed by atoms with Crippen LogP contribution in [0.3, 0.4) is 0 Å². The Morgan fingerprint density at radius 2 is 1.49 bits per heavy atom. The molecule has 6 heteroatoms. The number of nitrogens with one attached hydrogen (secondary N) is 1. The number of unbranched alkanes of at least 4 members (excludes halogenated alkanes) is 1. The van der Waals surface area contributed by atoms with Gasteiger partial charge in [-0.3, -0.25) is 0 Å². The average Bonchev–Trinajstić information content (AvgIpc) is 3.12. The number of benzene rings is 3. The summed E-state index contributed by atoms with van der Waals surface area (Å²) in [5, 5.41) is 3.26. The number of hydrogen-bond donors (Lipinski definition) is 1. The van der Waals surface area contributed by atoms with E-state index in [1.54, 1.807) is 12.1 Å². The van der Waals surface area contributed by atoms with E-state index in [4.69, 9.17) is 0 Å². The van der Waals surface area contributed by atoms with Gasteiger partial charge in [0, 0.05) is 31.0 Å². The third-order valence-electron chi connectivity index (χ3n) is 6.66. The number of halogens is 3. The predicted octanol–water partition coefficient (Wildman–Crippen LogP) is 7.22. The molecular formula is C29H34F3N3. The van der Waals surface area contributed by atoms with Gasteiger partial charge in [0.25, 0.3) is 0 Å². The fraction of sp³-hybridized carbons (Fsp3) is 0.379. The molecule has 1 N–H and O–H groups in total. The monoisotopic (exact) mass is 481 g/mol.